The van der Waals surface area contributed by atoms with E-state index >= 15 is 0 Å². The number of rotatable bonds is 9. The molecule has 0 saturated heterocycles. The lowest BCUT2D eigenvalue weighted by Gasteiger charge is -2.31. The predicted molar refractivity (Wildman–Crippen MR) is 113 cm³/mol. The first-order valence-corrected chi connectivity index (χ1v) is 12.9. The highest BCUT2D eigenvalue weighted by Gasteiger charge is 2.21. The quantitative estimate of drug-likeness (QED) is 0.666. The fourth-order valence-electron chi connectivity index (χ4n) is 3.19. The summed E-state index contributed by atoms with van der Waals surface area (Å²) in [4.78, 5) is 2.26. The lowest BCUT2D eigenvalue weighted by Crippen LogP contribution is -2.33. The normalized spacial score (nSPS) is 13.5. The molecular weight excluding hydrogens is 396 g/mol. The Morgan fingerprint density at radius 1 is 0.893 bits per heavy atom. The maximum atomic E-state index is 12.2. The molecule has 0 aliphatic carbocycles. The van der Waals surface area contributed by atoms with E-state index in [1.54, 1.807) is 0 Å². The molecule has 0 heterocycles. The largest absolute Gasteiger partial charge is 0.382 e. The summed E-state index contributed by atoms with van der Waals surface area (Å²) >= 11 is 0. The van der Waals surface area contributed by atoms with Crippen LogP contribution in [-0.4, -0.2) is 53.9 Å². The van der Waals surface area contributed by atoms with Crippen molar-refractivity contribution >= 4 is 25.4 Å². The summed E-state index contributed by atoms with van der Waals surface area (Å²) in [5, 5.41) is 3.23. The van der Waals surface area contributed by atoms with Gasteiger partial charge in [-0.25, -0.2) is 16.8 Å². The lowest BCUT2D eigenvalue weighted by molar-refractivity contribution is 0.228. The van der Waals surface area contributed by atoms with Crippen LogP contribution in [0.15, 0.2) is 58.3 Å². The maximum Gasteiger partial charge on any atom is 0.177 e. The molecule has 0 bridgehead atoms. The third-order valence-electron chi connectivity index (χ3n) is 4.70. The topological polar surface area (TPSA) is 83.6 Å². The molecule has 6 nitrogen and oxygen atoms in total. The van der Waals surface area contributed by atoms with E-state index in [4.69, 9.17) is 0 Å². The molecule has 1 N–H and O–H groups in total. The summed E-state index contributed by atoms with van der Waals surface area (Å²) in [6.45, 7) is 6.37. The van der Waals surface area contributed by atoms with Gasteiger partial charge < -0.3 is 5.32 Å². The predicted octanol–water partition coefficient (Wildman–Crippen LogP) is 2.99. The van der Waals surface area contributed by atoms with Crippen LogP contribution in [0, 0.1) is 0 Å². The minimum Gasteiger partial charge on any atom is -0.382 e. The Hall–Kier alpha value is -1.90. The Morgan fingerprint density at radius 3 is 2.00 bits per heavy atom. The molecule has 2 rings (SSSR count). The molecule has 0 fully saturated rings. The van der Waals surface area contributed by atoms with Crippen molar-refractivity contribution in [1.29, 1.82) is 0 Å². The number of hydrogen-bond donors (Lipinski definition) is 1. The summed E-state index contributed by atoms with van der Waals surface area (Å²) in [6, 6.07) is 14.3. The monoisotopic (exact) mass is 424 g/mol. The summed E-state index contributed by atoms with van der Waals surface area (Å²) in [7, 11) is -7.10. The standard InChI is InChI=1S/C20H28N2O4S2/c1-5-22(6-2)19(16-10-8-7-9-11-16)15-21-18-13-12-17(27(3,23)24)14-20(18)28(4,25)26/h7-14,19,21H,5-6,15H2,1-4H3. The first kappa shape index (κ1) is 22.4. The average Bonchev–Trinajstić information content (AvgIpc) is 2.64. The number of hydrogen-bond acceptors (Lipinski definition) is 6. The Labute approximate surface area is 168 Å². The van der Waals surface area contributed by atoms with Crippen LogP contribution in [0.1, 0.15) is 25.5 Å². The van der Waals surface area contributed by atoms with E-state index in [-0.39, 0.29) is 15.8 Å². The van der Waals surface area contributed by atoms with E-state index in [0.717, 1.165) is 31.2 Å². The van der Waals surface area contributed by atoms with Crippen molar-refractivity contribution in [2.75, 3.05) is 37.5 Å². The Balaban J connectivity index is 2.40. The van der Waals surface area contributed by atoms with Crippen molar-refractivity contribution in [1.82, 2.24) is 4.90 Å². The van der Waals surface area contributed by atoms with E-state index in [0.29, 0.717) is 12.2 Å². The smallest absolute Gasteiger partial charge is 0.177 e. The van der Waals surface area contributed by atoms with Crippen molar-refractivity contribution in [3.05, 3.63) is 54.1 Å². The van der Waals surface area contributed by atoms with Gasteiger partial charge in [0.15, 0.2) is 19.7 Å². The van der Waals surface area contributed by atoms with Crippen LogP contribution in [-0.2, 0) is 19.7 Å². The zero-order valence-electron chi connectivity index (χ0n) is 16.7. The molecule has 1 unspecified atom stereocenters. The second kappa shape index (κ2) is 9.07. The third kappa shape index (κ3) is 5.56. The van der Waals surface area contributed by atoms with Crippen LogP contribution in [0.25, 0.3) is 0 Å². The zero-order valence-corrected chi connectivity index (χ0v) is 18.3. The summed E-state index contributed by atoms with van der Waals surface area (Å²) in [6.07, 6.45) is 2.14. The number of nitrogens with zero attached hydrogens (tertiary/aromatic N) is 1. The van der Waals surface area contributed by atoms with Gasteiger partial charge in [-0.3, -0.25) is 4.90 Å². The Kier molecular flexibility index (Phi) is 7.25. The van der Waals surface area contributed by atoms with Gasteiger partial charge in [-0.2, -0.15) is 0 Å². The highest BCUT2D eigenvalue weighted by molar-refractivity contribution is 7.91. The fourth-order valence-corrected chi connectivity index (χ4v) is 4.79. The summed E-state index contributed by atoms with van der Waals surface area (Å²) in [5.74, 6) is 0. The molecular formula is C20H28N2O4S2. The minimum absolute atomic E-state index is 0.0122. The van der Waals surface area contributed by atoms with Crippen molar-refractivity contribution in [3.8, 4) is 0 Å². The Bertz CT molecular complexity index is 1000. The van der Waals surface area contributed by atoms with Gasteiger partial charge in [0.25, 0.3) is 0 Å². The third-order valence-corrected chi connectivity index (χ3v) is 6.95. The number of anilines is 1. The number of nitrogens with one attached hydrogen (secondary N) is 1. The summed E-state index contributed by atoms with van der Waals surface area (Å²) < 4.78 is 48.1. The van der Waals surface area contributed by atoms with Gasteiger partial charge in [0.2, 0.25) is 0 Å². The SMILES string of the molecule is CCN(CC)C(CNc1ccc(S(C)(=O)=O)cc1S(C)(=O)=O)c1ccccc1. The lowest BCUT2D eigenvalue weighted by atomic mass is 10.0. The first-order chi connectivity index (χ1) is 13.1. The van der Waals surface area contributed by atoms with Crippen LogP contribution in [0.2, 0.25) is 0 Å². The molecule has 0 amide bonds. The van der Waals surface area contributed by atoms with Crippen LogP contribution in [0.4, 0.5) is 5.69 Å². The number of benzene rings is 2. The molecule has 2 aromatic rings. The van der Waals surface area contributed by atoms with Crippen LogP contribution in [0.5, 0.6) is 0 Å². The second-order valence-electron chi connectivity index (χ2n) is 6.73. The average molecular weight is 425 g/mol. The molecule has 8 heteroatoms. The van der Waals surface area contributed by atoms with Gasteiger partial charge in [0.1, 0.15) is 0 Å². The molecule has 0 spiro atoms. The van der Waals surface area contributed by atoms with E-state index in [1.165, 1.54) is 18.2 Å². The molecule has 2 aromatic carbocycles. The van der Waals surface area contributed by atoms with Gasteiger partial charge in [-0.05, 0) is 36.9 Å². The highest BCUT2D eigenvalue weighted by Crippen LogP contribution is 2.27. The van der Waals surface area contributed by atoms with Gasteiger partial charge in [-0.15, -0.1) is 0 Å². The van der Waals surface area contributed by atoms with Gasteiger partial charge >= 0.3 is 0 Å². The summed E-state index contributed by atoms with van der Waals surface area (Å²) in [5.41, 5.74) is 1.54. The zero-order chi connectivity index (χ0) is 20.9. The van der Waals surface area contributed by atoms with Crippen molar-refractivity contribution in [2.45, 2.75) is 29.7 Å². The van der Waals surface area contributed by atoms with E-state index in [9.17, 15) is 16.8 Å². The number of sulfone groups is 2. The molecule has 0 aliphatic rings. The number of likely N-dealkylation sites (N-methyl/N-ethyl adjacent to an activating group) is 1. The maximum absolute atomic E-state index is 12.2. The van der Waals surface area contributed by atoms with Crippen LogP contribution < -0.4 is 5.32 Å². The van der Waals surface area contributed by atoms with Crippen molar-refractivity contribution in [3.63, 3.8) is 0 Å². The molecule has 1 atom stereocenters. The first-order valence-electron chi connectivity index (χ1n) is 9.15. The molecule has 0 radical (unpaired) electrons. The molecule has 28 heavy (non-hydrogen) atoms. The van der Waals surface area contributed by atoms with Gasteiger partial charge in [0.05, 0.1) is 21.5 Å². The molecule has 0 aliphatic heterocycles. The van der Waals surface area contributed by atoms with E-state index in [1.807, 2.05) is 18.2 Å². The molecule has 154 valence electrons. The van der Waals surface area contributed by atoms with Gasteiger partial charge in [-0.1, -0.05) is 44.2 Å². The van der Waals surface area contributed by atoms with Gasteiger partial charge in [0, 0.05) is 19.1 Å². The van der Waals surface area contributed by atoms with Crippen molar-refractivity contribution < 1.29 is 16.8 Å². The van der Waals surface area contributed by atoms with E-state index < -0.39 is 19.7 Å². The second-order valence-corrected chi connectivity index (χ2v) is 10.7. The minimum atomic E-state index is -3.60. The van der Waals surface area contributed by atoms with Crippen LogP contribution >= 0.6 is 0 Å². The van der Waals surface area contributed by atoms with Crippen LogP contribution in [0.3, 0.4) is 0 Å². The van der Waals surface area contributed by atoms with E-state index in [2.05, 4.69) is 36.2 Å². The van der Waals surface area contributed by atoms with Crippen molar-refractivity contribution in [2.24, 2.45) is 0 Å². The molecule has 0 aromatic heterocycles. The molecule has 0 saturated carbocycles. The fraction of sp³-hybridized carbons (Fsp3) is 0.400. The highest BCUT2D eigenvalue weighted by atomic mass is 32.2. The Morgan fingerprint density at radius 2 is 1.50 bits per heavy atom.